The zero-order valence-electron chi connectivity index (χ0n) is 11.7. The summed E-state index contributed by atoms with van der Waals surface area (Å²) in [6.45, 7) is 0. The van der Waals surface area contributed by atoms with Crippen molar-refractivity contribution >= 4 is 10.8 Å². The summed E-state index contributed by atoms with van der Waals surface area (Å²) in [4.78, 5) is 0. The summed E-state index contributed by atoms with van der Waals surface area (Å²) < 4.78 is 6.16. The Morgan fingerprint density at radius 1 is 0.857 bits per heavy atom. The minimum atomic E-state index is 0.0273. The van der Waals surface area contributed by atoms with Gasteiger partial charge in [-0.1, -0.05) is 54.6 Å². The van der Waals surface area contributed by atoms with E-state index in [2.05, 4.69) is 48.5 Å². The molecule has 0 saturated heterocycles. The third kappa shape index (κ3) is 2.18. The van der Waals surface area contributed by atoms with Crippen molar-refractivity contribution in [2.75, 3.05) is 0 Å². The molecule has 21 heavy (non-hydrogen) atoms. The van der Waals surface area contributed by atoms with Crippen molar-refractivity contribution in [3.63, 3.8) is 0 Å². The van der Waals surface area contributed by atoms with Gasteiger partial charge in [-0.3, -0.25) is 0 Å². The van der Waals surface area contributed by atoms with Crippen molar-refractivity contribution in [3.8, 4) is 5.75 Å². The molecule has 3 aromatic carbocycles. The molecule has 4 rings (SSSR count). The van der Waals surface area contributed by atoms with Gasteiger partial charge in [0.05, 0.1) is 0 Å². The average molecular weight is 275 g/mol. The minimum absolute atomic E-state index is 0.0273. The van der Waals surface area contributed by atoms with E-state index in [-0.39, 0.29) is 12.1 Å². The third-order valence-corrected chi connectivity index (χ3v) is 4.20. The summed E-state index contributed by atoms with van der Waals surface area (Å²) in [6, 6.07) is 23.0. The maximum Gasteiger partial charge on any atom is 0.126 e. The molecule has 0 bridgehead atoms. The quantitative estimate of drug-likeness (QED) is 0.716. The monoisotopic (exact) mass is 275 g/mol. The van der Waals surface area contributed by atoms with Gasteiger partial charge in [-0.2, -0.15) is 0 Å². The van der Waals surface area contributed by atoms with E-state index < -0.39 is 0 Å². The van der Waals surface area contributed by atoms with Gasteiger partial charge in [0.15, 0.2) is 0 Å². The van der Waals surface area contributed by atoms with Crippen molar-refractivity contribution in [3.05, 3.63) is 77.9 Å². The lowest BCUT2D eigenvalue weighted by Gasteiger charge is -2.30. The van der Waals surface area contributed by atoms with Crippen LogP contribution in [0.1, 0.15) is 29.7 Å². The van der Waals surface area contributed by atoms with Gasteiger partial charge in [0.25, 0.3) is 0 Å². The molecule has 1 heterocycles. The van der Waals surface area contributed by atoms with E-state index in [1.807, 2.05) is 18.2 Å². The Kier molecular flexibility index (Phi) is 2.90. The van der Waals surface area contributed by atoms with Crippen LogP contribution in [0.2, 0.25) is 0 Å². The molecule has 1 unspecified atom stereocenters. The van der Waals surface area contributed by atoms with Crippen molar-refractivity contribution in [2.45, 2.75) is 18.6 Å². The fraction of sp³-hybridized carbons (Fsp3) is 0.158. The Balaban J connectivity index is 1.73. The highest BCUT2D eigenvalue weighted by molar-refractivity contribution is 5.83. The lowest BCUT2D eigenvalue weighted by molar-refractivity contribution is 0.161. The number of benzene rings is 3. The van der Waals surface area contributed by atoms with Crippen LogP contribution in [0.15, 0.2) is 66.7 Å². The first-order chi connectivity index (χ1) is 10.3. The molecule has 3 aromatic rings. The van der Waals surface area contributed by atoms with Crippen LogP contribution in [0.3, 0.4) is 0 Å². The van der Waals surface area contributed by atoms with E-state index in [4.69, 9.17) is 10.5 Å². The van der Waals surface area contributed by atoms with Gasteiger partial charge in [0.2, 0.25) is 0 Å². The summed E-state index contributed by atoms with van der Waals surface area (Å²) in [5, 5.41) is 2.49. The molecule has 1 aliphatic rings. The van der Waals surface area contributed by atoms with E-state index in [9.17, 15) is 0 Å². The molecule has 0 saturated carbocycles. The van der Waals surface area contributed by atoms with Crippen LogP contribution < -0.4 is 10.5 Å². The number of para-hydroxylation sites is 1. The molecule has 0 radical (unpaired) electrons. The first kappa shape index (κ1) is 12.4. The Morgan fingerprint density at radius 2 is 1.62 bits per heavy atom. The number of rotatable bonds is 1. The van der Waals surface area contributed by atoms with Gasteiger partial charge in [-0.05, 0) is 28.5 Å². The molecule has 2 heteroatoms. The van der Waals surface area contributed by atoms with Gasteiger partial charge in [-0.15, -0.1) is 0 Å². The molecule has 0 amide bonds. The molecule has 0 fully saturated rings. The minimum Gasteiger partial charge on any atom is -0.485 e. The van der Waals surface area contributed by atoms with Crippen molar-refractivity contribution < 1.29 is 4.74 Å². The van der Waals surface area contributed by atoms with Gasteiger partial charge >= 0.3 is 0 Å². The highest BCUT2D eigenvalue weighted by Crippen LogP contribution is 2.39. The van der Waals surface area contributed by atoms with E-state index in [0.717, 1.165) is 17.7 Å². The second-order valence-electron chi connectivity index (χ2n) is 5.59. The summed E-state index contributed by atoms with van der Waals surface area (Å²) >= 11 is 0. The summed E-state index contributed by atoms with van der Waals surface area (Å²) in [5.74, 6) is 0.911. The first-order valence-corrected chi connectivity index (χ1v) is 7.31. The zero-order chi connectivity index (χ0) is 14.2. The van der Waals surface area contributed by atoms with Crippen molar-refractivity contribution in [1.29, 1.82) is 0 Å². The Labute approximate surface area is 124 Å². The predicted octanol–water partition coefficient (Wildman–Crippen LogP) is 4.36. The summed E-state index contributed by atoms with van der Waals surface area (Å²) in [7, 11) is 0. The molecule has 104 valence electrons. The van der Waals surface area contributed by atoms with Crippen LogP contribution in [-0.4, -0.2) is 0 Å². The summed E-state index contributed by atoms with van der Waals surface area (Å²) in [5.41, 5.74) is 8.61. The lowest BCUT2D eigenvalue weighted by Crippen LogP contribution is -2.24. The van der Waals surface area contributed by atoms with E-state index in [0.29, 0.717) is 0 Å². The largest absolute Gasteiger partial charge is 0.485 e. The molecule has 2 atom stereocenters. The van der Waals surface area contributed by atoms with Crippen LogP contribution >= 0.6 is 0 Å². The fourth-order valence-corrected chi connectivity index (χ4v) is 3.07. The van der Waals surface area contributed by atoms with Gasteiger partial charge in [0.1, 0.15) is 11.9 Å². The number of ether oxygens (including phenoxy) is 1. The van der Waals surface area contributed by atoms with Gasteiger partial charge in [0, 0.05) is 18.0 Å². The van der Waals surface area contributed by atoms with Gasteiger partial charge < -0.3 is 10.5 Å². The standard InChI is InChI=1S/C19H17NO/c20-17-12-19(21-18-8-4-3-7-16(17)18)15-10-9-13-5-1-2-6-14(13)11-15/h1-11,17,19H,12,20H2/t17-,19?/m1/s1. The summed E-state index contributed by atoms with van der Waals surface area (Å²) in [6.07, 6.45) is 0.842. The average Bonchev–Trinajstić information content (AvgIpc) is 2.54. The molecule has 0 spiro atoms. The van der Waals surface area contributed by atoms with Crippen LogP contribution in [0, 0.1) is 0 Å². The first-order valence-electron chi connectivity index (χ1n) is 7.31. The van der Waals surface area contributed by atoms with Crippen molar-refractivity contribution in [2.24, 2.45) is 5.73 Å². The number of fused-ring (bicyclic) bond motifs is 2. The van der Waals surface area contributed by atoms with E-state index in [1.54, 1.807) is 0 Å². The lowest BCUT2D eigenvalue weighted by atomic mass is 9.92. The Hall–Kier alpha value is -2.32. The van der Waals surface area contributed by atoms with Crippen LogP contribution in [-0.2, 0) is 0 Å². The highest BCUT2D eigenvalue weighted by atomic mass is 16.5. The SMILES string of the molecule is N[C@@H]1CC(c2ccc3ccccc3c2)Oc2ccccc21. The molecule has 2 nitrogen and oxygen atoms in total. The Bertz CT molecular complexity index is 796. The number of hydrogen-bond donors (Lipinski definition) is 1. The smallest absolute Gasteiger partial charge is 0.126 e. The molecular formula is C19H17NO. The molecule has 0 aliphatic carbocycles. The number of nitrogens with two attached hydrogens (primary N) is 1. The van der Waals surface area contributed by atoms with Crippen LogP contribution in [0.25, 0.3) is 10.8 Å². The van der Waals surface area contributed by atoms with Crippen LogP contribution in [0.5, 0.6) is 5.75 Å². The fourth-order valence-electron chi connectivity index (χ4n) is 3.07. The molecule has 1 aliphatic heterocycles. The Morgan fingerprint density at radius 3 is 2.52 bits per heavy atom. The zero-order valence-corrected chi connectivity index (χ0v) is 11.7. The maximum absolute atomic E-state index is 6.31. The molecular weight excluding hydrogens is 258 g/mol. The predicted molar refractivity (Wildman–Crippen MR) is 85.3 cm³/mol. The highest BCUT2D eigenvalue weighted by Gasteiger charge is 2.26. The normalized spacial score (nSPS) is 20.8. The van der Waals surface area contributed by atoms with Crippen molar-refractivity contribution in [1.82, 2.24) is 0 Å². The van der Waals surface area contributed by atoms with E-state index in [1.165, 1.54) is 16.3 Å². The second-order valence-corrected chi connectivity index (χ2v) is 5.59. The van der Waals surface area contributed by atoms with E-state index >= 15 is 0 Å². The van der Waals surface area contributed by atoms with Gasteiger partial charge in [-0.25, -0.2) is 0 Å². The molecule has 0 aromatic heterocycles. The second kappa shape index (κ2) is 4.90. The topological polar surface area (TPSA) is 35.2 Å². The third-order valence-electron chi connectivity index (χ3n) is 4.20. The van der Waals surface area contributed by atoms with Crippen LogP contribution in [0.4, 0.5) is 0 Å². The number of hydrogen-bond acceptors (Lipinski definition) is 2. The maximum atomic E-state index is 6.31. The molecule has 2 N–H and O–H groups in total.